The van der Waals surface area contributed by atoms with Crippen molar-refractivity contribution in [3.63, 3.8) is 0 Å². The summed E-state index contributed by atoms with van der Waals surface area (Å²) >= 11 is 0. The van der Waals surface area contributed by atoms with E-state index in [9.17, 15) is 0 Å². The van der Waals surface area contributed by atoms with Gasteiger partial charge in [-0.2, -0.15) is 0 Å². The van der Waals surface area contributed by atoms with E-state index in [2.05, 4.69) is 13.8 Å². The molecule has 0 aromatic heterocycles. The van der Waals surface area contributed by atoms with Crippen LogP contribution in [0.4, 0.5) is 0 Å². The Hall–Kier alpha value is -1.26. The van der Waals surface area contributed by atoms with Gasteiger partial charge in [0.1, 0.15) is 13.2 Å². The zero-order valence-corrected chi connectivity index (χ0v) is 11.3. The number of rotatable bonds is 3. The van der Waals surface area contributed by atoms with E-state index in [4.69, 9.17) is 20.9 Å². The average molecular weight is 250 g/mol. The van der Waals surface area contributed by atoms with Crippen molar-refractivity contribution in [2.24, 2.45) is 16.9 Å². The first-order chi connectivity index (χ1) is 8.45. The number of ether oxygens (including phenoxy) is 2. The second kappa shape index (κ2) is 4.78. The van der Waals surface area contributed by atoms with Crippen LogP contribution in [0.15, 0.2) is 12.1 Å². The van der Waals surface area contributed by atoms with Gasteiger partial charge in [-0.25, -0.2) is 0 Å². The lowest BCUT2D eigenvalue weighted by molar-refractivity contribution is 0.170. The van der Waals surface area contributed by atoms with Crippen LogP contribution in [0.1, 0.15) is 31.0 Å². The van der Waals surface area contributed by atoms with Gasteiger partial charge in [0.15, 0.2) is 11.5 Å². The van der Waals surface area contributed by atoms with Gasteiger partial charge in [-0.1, -0.05) is 13.8 Å². The summed E-state index contributed by atoms with van der Waals surface area (Å²) in [5.74, 6) is 1.59. The first-order valence-corrected chi connectivity index (χ1v) is 6.31. The van der Waals surface area contributed by atoms with Gasteiger partial charge in [-0.05, 0) is 42.1 Å². The van der Waals surface area contributed by atoms with Crippen molar-refractivity contribution in [1.82, 2.24) is 0 Å². The van der Waals surface area contributed by atoms with Crippen molar-refractivity contribution in [3.8, 4) is 11.5 Å². The minimum Gasteiger partial charge on any atom is -0.486 e. The van der Waals surface area contributed by atoms with E-state index in [1.165, 1.54) is 0 Å². The summed E-state index contributed by atoms with van der Waals surface area (Å²) in [7, 11) is 0. The van der Waals surface area contributed by atoms with Crippen molar-refractivity contribution in [1.29, 1.82) is 0 Å². The molecule has 100 valence electrons. The second-order valence-electron chi connectivity index (χ2n) is 5.52. The van der Waals surface area contributed by atoms with E-state index in [1.807, 2.05) is 19.1 Å². The van der Waals surface area contributed by atoms with Crippen molar-refractivity contribution < 1.29 is 9.47 Å². The maximum absolute atomic E-state index is 6.34. The summed E-state index contributed by atoms with van der Waals surface area (Å²) in [4.78, 5) is 0. The third-order valence-corrected chi connectivity index (χ3v) is 3.63. The monoisotopic (exact) mass is 250 g/mol. The van der Waals surface area contributed by atoms with Gasteiger partial charge in [0, 0.05) is 6.04 Å². The Bertz CT molecular complexity index is 444. The SMILES string of the molecule is Cc1cc2c(cc1C(N)C(C)(C)CN)OCCO2. The molecule has 1 unspecified atom stereocenters. The van der Waals surface area contributed by atoms with Crippen LogP contribution in [0, 0.1) is 12.3 Å². The summed E-state index contributed by atoms with van der Waals surface area (Å²) in [5.41, 5.74) is 14.2. The lowest BCUT2D eigenvalue weighted by atomic mass is 9.79. The van der Waals surface area contributed by atoms with Crippen LogP contribution in [-0.4, -0.2) is 19.8 Å². The molecule has 1 atom stereocenters. The highest BCUT2D eigenvalue weighted by Crippen LogP contribution is 2.39. The fourth-order valence-electron chi connectivity index (χ4n) is 2.09. The molecule has 0 radical (unpaired) electrons. The Kier molecular flexibility index (Phi) is 3.50. The van der Waals surface area contributed by atoms with Crippen LogP contribution in [0.25, 0.3) is 0 Å². The zero-order chi connectivity index (χ0) is 13.3. The first-order valence-electron chi connectivity index (χ1n) is 6.31. The van der Waals surface area contributed by atoms with Crippen LogP contribution in [0.3, 0.4) is 0 Å². The molecule has 0 spiro atoms. The van der Waals surface area contributed by atoms with E-state index in [0.717, 1.165) is 22.6 Å². The first kappa shape index (κ1) is 13.2. The molecule has 0 saturated heterocycles. The minimum atomic E-state index is -0.144. The third kappa shape index (κ3) is 2.31. The zero-order valence-electron chi connectivity index (χ0n) is 11.3. The Morgan fingerprint density at radius 2 is 1.78 bits per heavy atom. The van der Waals surface area contributed by atoms with E-state index in [0.29, 0.717) is 19.8 Å². The van der Waals surface area contributed by atoms with Crippen molar-refractivity contribution in [2.75, 3.05) is 19.8 Å². The van der Waals surface area contributed by atoms with Gasteiger partial charge in [-0.3, -0.25) is 0 Å². The van der Waals surface area contributed by atoms with Crippen LogP contribution in [0.2, 0.25) is 0 Å². The molecular weight excluding hydrogens is 228 g/mol. The molecule has 0 amide bonds. The number of aryl methyl sites for hydroxylation is 1. The van der Waals surface area contributed by atoms with Gasteiger partial charge in [0.25, 0.3) is 0 Å². The number of hydrogen-bond donors (Lipinski definition) is 2. The molecule has 4 nitrogen and oxygen atoms in total. The average Bonchev–Trinajstić information content (AvgIpc) is 2.37. The van der Waals surface area contributed by atoms with Crippen LogP contribution in [-0.2, 0) is 0 Å². The van der Waals surface area contributed by atoms with E-state index in [1.54, 1.807) is 0 Å². The Labute approximate surface area is 108 Å². The van der Waals surface area contributed by atoms with Gasteiger partial charge < -0.3 is 20.9 Å². The van der Waals surface area contributed by atoms with Crippen LogP contribution in [0.5, 0.6) is 11.5 Å². The summed E-state index contributed by atoms with van der Waals surface area (Å²) in [6.45, 7) is 7.93. The number of hydrogen-bond acceptors (Lipinski definition) is 4. The van der Waals surface area contributed by atoms with E-state index >= 15 is 0 Å². The molecule has 1 heterocycles. The summed E-state index contributed by atoms with van der Waals surface area (Å²) < 4.78 is 11.2. The number of nitrogens with two attached hydrogens (primary N) is 2. The molecule has 1 aromatic carbocycles. The van der Waals surface area contributed by atoms with Gasteiger partial charge in [0.2, 0.25) is 0 Å². The molecule has 0 fully saturated rings. The Balaban J connectivity index is 2.39. The molecule has 0 saturated carbocycles. The van der Waals surface area contributed by atoms with E-state index in [-0.39, 0.29) is 11.5 Å². The quantitative estimate of drug-likeness (QED) is 0.857. The molecule has 0 bridgehead atoms. The third-order valence-electron chi connectivity index (χ3n) is 3.63. The molecule has 1 aliphatic rings. The highest BCUT2D eigenvalue weighted by molar-refractivity contribution is 5.49. The van der Waals surface area contributed by atoms with Crippen molar-refractivity contribution >= 4 is 0 Å². The van der Waals surface area contributed by atoms with Crippen LogP contribution >= 0.6 is 0 Å². The summed E-state index contributed by atoms with van der Waals surface area (Å²) in [5, 5.41) is 0. The fourth-order valence-corrected chi connectivity index (χ4v) is 2.09. The largest absolute Gasteiger partial charge is 0.486 e. The number of fused-ring (bicyclic) bond motifs is 1. The summed E-state index contributed by atoms with van der Waals surface area (Å²) in [6.07, 6.45) is 0. The highest BCUT2D eigenvalue weighted by atomic mass is 16.6. The topological polar surface area (TPSA) is 70.5 Å². The van der Waals surface area contributed by atoms with E-state index < -0.39 is 0 Å². The highest BCUT2D eigenvalue weighted by Gasteiger charge is 2.28. The maximum Gasteiger partial charge on any atom is 0.161 e. The molecular formula is C14H22N2O2. The Morgan fingerprint density at radius 1 is 1.22 bits per heavy atom. The molecule has 4 heteroatoms. The Morgan fingerprint density at radius 3 is 2.33 bits per heavy atom. The standard InChI is InChI=1S/C14H22N2O2/c1-9-6-11-12(18-5-4-17-11)7-10(9)13(16)14(2,3)8-15/h6-7,13H,4-5,8,15-16H2,1-3H3. The molecule has 2 rings (SSSR count). The minimum absolute atomic E-state index is 0.113. The predicted molar refractivity (Wildman–Crippen MR) is 71.9 cm³/mol. The molecule has 1 aromatic rings. The van der Waals surface area contributed by atoms with Crippen LogP contribution < -0.4 is 20.9 Å². The second-order valence-corrected chi connectivity index (χ2v) is 5.52. The smallest absolute Gasteiger partial charge is 0.161 e. The molecule has 4 N–H and O–H groups in total. The lowest BCUT2D eigenvalue weighted by Crippen LogP contribution is -2.36. The molecule has 18 heavy (non-hydrogen) atoms. The predicted octanol–water partition coefficient (Wildman–Crippen LogP) is 1.75. The normalized spacial score (nSPS) is 16.5. The lowest BCUT2D eigenvalue weighted by Gasteiger charge is -2.32. The van der Waals surface area contributed by atoms with Gasteiger partial charge in [-0.15, -0.1) is 0 Å². The van der Waals surface area contributed by atoms with Crippen molar-refractivity contribution in [3.05, 3.63) is 23.3 Å². The van der Waals surface area contributed by atoms with Gasteiger partial charge in [0.05, 0.1) is 0 Å². The summed E-state index contributed by atoms with van der Waals surface area (Å²) in [6, 6.07) is 3.88. The van der Waals surface area contributed by atoms with Gasteiger partial charge >= 0.3 is 0 Å². The number of benzene rings is 1. The fraction of sp³-hybridized carbons (Fsp3) is 0.571. The maximum atomic E-state index is 6.34. The molecule has 1 aliphatic heterocycles. The molecule has 0 aliphatic carbocycles. The van der Waals surface area contributed by atoms with Crippen molar-refractivity contribution in [2.45, 2.75) is 26.8 Å².